The van der Waals surface area contributed by atoms with Crippen LogP contribution in [-0.4, -0.2) is 24.0 Å². The minimum atomic E-state index is 0.217. The van der Waals surface area contributed by atoms with E-state index in [0.717, 1.165) is 29.7 Å². The lowest BCUT2D eigenvalue weighted by Gasteiger charge is -2.45. The Kier molecular flexibility index (Phi) is 5.80. The molecule has 1 aliphatic rings. The van der Waals surface area contributed by atoms with Gasteiger partial charge in [0, 0.05) is 35.7 Å². The molecular formula is C23H22Cl2N2. The lowest BCUT2D eigenvalue weighted by Crippen LogP contribution is -2.58. The van der Waals surface area contributed by atoms with Crippen LogP contribution in [0, 0.1) is 0 Å². The van der Waals surface area contributed by atoms with Crippen molar-refractivity contribution in [3.05, 3.63) is 106 Å². The molecule has 0 atom stereocenters. The van der Waals surface area contributed by atoms with Gasteiger partial charge in [-0.05, 0) is 41.0 Å². The molecule has 3 aromatic rings. The Morgan fingerprint density at radius 1 is 0.778 bits per heavy atom. The first-order valence-electron chi connectivity index (χ1n) is 9.21. The summed E-state index contributed by atoms with van der Waals surface area (Å²) in [4.78, 5) is 2.50. The molecule has 138 valence electrons. The average molecular weight is 397 g/mol. The summed E-state index contributed by atoms with van der Waals surface area (Å²) >= 11 is 12.2. The highest BCUT2D eigenvalue weighted by Gasteiger charge is 2.33. The monoisotopic (exact) mass is 396 g/mol. The summed E-state index contributed by atoms with van der Waals surface area (Å²) in [6.07, 6.45) is 0. The summed E-state index contributed by atoms with van der Waals surface area (Å²) in [5.74, 6) is 0. The third-order valence-corrected chi connectivity index (χ3v) is 5.59. The van der Waals surface area contributed by atoms with Crippen molar-refractivity contribution in [1.82, 2.24) is 10.2 Å². The van der Waals surface area contributed by atoms with E-state index in [-0.39, 0.29) is 6.04 Å². The normalized spacial score (nSPS) is 15.1. The van der Waals surface area contributed by atoms with Gasteiger partial charge in [0.1, 0.15) is 0 Å². The average Bonchev–Trinajstić information content (AvgIpc) is 2.66. The maximum Gasteiger partial charge on any atom is 0.0602 e. The standard InChI is InChI=1S/C23H22Cl2N2/c24-20-10-6-18(7-11-20)23(19-8-12-21(25)13-9-19)27-15-22(16-27)26-14-17-4-2-1-3-5-17/h1-13,22-23,26H,14-16H2. The van der Waals surface area contributed by atoms with Gasteiger partial charge >= 0.3 is 0 Å². The first-order chi connectivity index (χ1) is 13.2. The van der Waals surface area contributed by atoms with Crippen molar-refractivity contribution in [2.45, 2.75) is 18.6 Å². The molecular weight excluding hydrogens is 375 g/mol. The predicted octanol–water partition coefficient (Wildman–Crippen LogP) is 5.56. The van der Waals surface area contributed by atoms with Crippen LogP contribution in [0.5, 0.6) is 0 Å². The van der Waals surface area contributed by atoms with Gasteiger partial charge < -0.3 is 5.32 Å². The molecule has 0 bridgehead atoms. The van der Waals surface area contributed by atoms with Gasteiger partial charge in [-0.15, -0.1) is 0 Å². The second-order valence-corrected chi connectivity index (χ2v) is 7.90. The SMILES string of the molecule is Clc1ccc(C(c2ccc(Cl)cc2)N2CC(NCc3ccccc3)C2)cc1. The zero-order valence-corrected chi connectivity index (χ0v) is 16.5. The number of hydrogen-bond donors (Lipinski definition) is 1. The van der Waals surface area contributed by atoms with Gasteiger partial charge in [0.05, 0.1) is 6.04 Å². The topological polar surface area (TPSA) is 15.3 Å². The summed E-state index contributed by atoms with van der Waals surface area (Å²) in [7, 11) is 0. The van der Waals surface area contributed by atoms with Crippen LogP contribution < -0.4 is 5.32 Å². The third-order valence-electron chi connectivity index (χ3n) is 5.08. The lowest BCUT2D eigenvalue weighted by atomic mass is 9.93. The van der Waals surface area contributed by atoms with Gasteiger partial charge in [0.2, 0.25) is 0 Å². The number of hydrogen-bond acceptors (Lipinski definition) is 2. The molecule has 1 N–H and O–H groups in total. The fourth-order valence-corrected chi connectivity index (χ4v) is 3.87. The van der Waals surface area contributed by atoms with Crippen molar-refractivity contribution >= 4 is 23.2 Å². The van der Waals surface area contributed by atoms with Crippen LogP contribution >= 0.6 is 23.2 Å². The fraction of sp³-hybridized carbons (Fsp3) is 0.217. The Hall–Kier alpha value is -1.84. The number of likely N-dealkylation sites (tertiary alicyclic amines) is 1. The number of rotatable bonds is 6. The van der Waals surface area contributed by atoms with Crippen LogP contribution in [0.3, 0.4) is 0 Å². The van der Waals surface area contributed by atoms with E-state index in [0.29, 0.717) is 6.04 Å². The summed E-state index contributed by atoms with van der Waals surface area (Å²) in [5.41, 5.74) is 3.83. The van der Waals surface area contributed by atoms with Crippen LogP contribution in [0.15, 0.2) is 78.9 Å². The second kappa shape index (κ2) is 8.45. The largest absolute Gasteiger partial charge is 0.307 e. The molecule has 3 aromatic carbocycles. The zero-order chi connectivity index (χ0) is 18.6. The van der Waals surface area contributed by atoms with E-state index in [1.807, 2.05) is 24.3 Å². The molecule has 0 radical (unpaired) electrons. The van der Waals surface area contributed by atoms with Crippen LogP contribution in [0.4, 0.5) is 0 Å². The number of nitrogens with one attached hydrogen (secondary N) is 1. The van der Waals surface area contributed by atoms with Crippen LogP contribution in [0.2, 0.25) is 10.0 Å². The molecule has 1 saturated heterocycles. The highest BCUT2D eigenvalue weighted by atomic mass is 35.5. The van der Waals surface area contributed by atoms with Crippen molar-refractivity contribution in [3.63, 3.8) is 0 Å². The van der Waals surface area contributed by atoms with Crippen molar-refractivity contribution in [1.29, 1.82) is 0 Å². The lowest BCUT2D eigenvalue weighted by molar-refractivity contribution is 0.0923. The Labute approximate surface area is 170 Å². The smallest absolute Gasteiger partial charge is 0.0602 e. The Morgan fingerprint density at radius 3 is 1.81 bits per heavy atom. The van der Waals surface area contributed by atoms with Gasteiger partial charge in [0.25, 0.3) is 0 Å². The van der Waals surface area contributed by atoms with Gasteiger partial charge in [-0.25, -0.2) is 0 Å². The van der Waals surface area contributed by atoms with Crippen LogP contribution in [0.25, 0.3) is 0 Å². The van der Waals surface area contributed by atoms with E-state index in [4.69, 9.17) is 23.2 Å². The van der Waals surface area contributed by atoms with E-state index in [1.54, 1.807) is 0 Å². The van der Waals surface area contributed by atoms with E-state index in [1.165, 1.54) is 16.7 Å². The maximum absolute atomic E-state index is 6.09. The van der Waals surface area contributed by atoms with E-state index < -0.39 is 0 Å². The molecule has 0 amide bonds. The zero-order valence-electron chi connectivity index (χ0n) is 15.0. The molecule has 0 unspecified atom stereocenters. The molecule has 0 saturated carbocycles. The Morgan fingerprint density at radius 2 is 1.30 bits per heavy atom. The second-order valence-electron chi connectivity index (χ2n) is 7.02. The molecule has 1 fully saturated rings. The summed E-state index contributed by atoms with van der Waals surface area (Å²) in [6, 6.07) is 27.6. The Bertz CT molecular complexity index is 812. The first-order valence-corrected chi connectivity index (χ1v) is 9.97. The summed E-state index contributed by atoms with van der Waals surface area (Å²) in [5, 5.41) is 5.18. The summed E-state index contributed by atoms with van der Waals surface area (Å²) in [6.45, 7) is 2.94. The van der Waals surface area contributed by atoms with Crippen molar-refractivity contribution in [2.75, 3.05) is 13.1 Å². The quantitative estimate of drug-likeness (QED) is 0.586. The Balaban J connectivity index is 1.45. The van der Waals surface area contributed by atoms with Crippen LogP contribution in [0.1, 0.15) is 22.7 Å². The molecule has 0 aromatic heterocycles. The van der Waals surface area contributed by atoms with Gasteiger partial charge in [0.15, 0.2) is 0 Å². The van der Waals surface area contributed by atoms with Gasteiger partial charge in [-0.3, -0.25) is 4.90 Å². The maximum atomic E-state index is 6.09. The molecule has 0 aliphatic carbocycles. The van der Waals surface area contributed by atoms with Crippen molar-refractivity contribution in [3.8, 4) is 0 Å². The van der Waals surface area contributed by atoms with Crippen molar-refractivity contribution < 1.29 is 0 Å². The molecule has 1 heterocycles. The molecule has 27 heavy (non-hydrogen) atoms. The molecule has 4 rings (SSSR count). The van der Waals surface area contributed by atoms with Gasteiger partial charge in [-0.2, -0.15) is 0 Å². The van der Waals surface area contributed by atoms with Crippen LogP contribution in [-0.2, 0) is 6.54 Å². The minimum Gasteiger partial charge on any atom is -0.307 e. The first kappa shape index (κ1) is 18.5. The van der Waals surface area contributed by atoms with Gasteiger partial charge in [-0.1, -0.05) is 77.8 Å². The minimum absolute atomic E-state index is 0.217. The van der Waals surface area contributed by atoms with E-state index in [9.17, 15) is 0 Å². The van der Waals surface area contributed by atoms with E-state index >= 15 is 0 Å². The number of nitrogens with zero attached hydrogens (tertiary/aromatic N) is 1. The third kappa shape index (κ3) is 4.53. The molecule has 2 nitrogen and oxygen atoms in total. The summed E-state index contributed by atoms with van der Waals surface area (Å²) < 4.78 is 0. The molecule has 0 spiro atoms. The number of halogens is 2. The highest BCUT2D eigenvalue weighted by molar-refractivity contribution is 6.30. The molecule has 4 heteroatoms. The highest BCUT2D eigenvalue weighted by Crippen LogP contribution is 2.33. The number of benzene rings is 3. The van der Waals surface area contributed by atoms with E-state index in [2.05, 4.69) is 64.8 Å². The van der Waals surface area contributed by atoms with Crippen molar-refractivity contribution in [2.24, 2.45) is 0 Å². The predicted molar refractivity (Wildman–Crippen MR) is 113 cm³/mol. The fourth-order valence-electron chi connectivity index (χ4n) is 3.61. The molecule has 1 aliphatic heterocycles.